The van der Waals surface area contributed by atoms with Gasteiger partial charge in [0.15, 0.2) is 11.6 Å². The Morgan fingerprint density at radius 2 is 1.77 bits per heavy atom. The molecule has 0 amide bonds. The number of hydrogen-bond acceptors (Lipinski definition) is 6. The number of ketones is 1. The van der Waals surface area contributed by atoms with Crippen molar-refractivity contribution in [1.82, 2.24) is 0 Å². The van der Waals surface area contributed by atoms with Crippen molar-refractivity contribution in [1.29, 1.82) is 0 Å². The lowest BCUT2D eigenvalue weighted by molar-refractivity contribution is -0.147. The summed E-state index contributed by atoms with van der Waals surface area (Å²) in [5.41, 5.74) is 2.34. The van der Waals surface area contributed by atoms with Crippen LogP contribution in [0.2, 0.25) is 0 Å². The minimum absolute atomic E-state index is 0.0127. The molecule has 1 aromatic carbocycles. The first-order valence-corrected chi connectivity index (χ1v) is 16.8. The van der Waals surface area contributed by atoms with Crippen LogP contribution in [-0.2, 0) is 23.8 Å². The second kappa shape index (κ2) is 11.3. The third kappa shape index (κ3) is 5.28. The topological polar surface area (TPSA) is 71.1 Å². The van der Waals surface area contributed by atoms with Gasteiger partial charge in [0.05, 0.1) is 13.2 Å². The molecule has 6 nitrogen and oxygen atoms in total. The number of carbonyl (C=O) groups excluding carboxylic acids is 2. The number of fused-ring (bicyclic) bond motifs is 7. The maximum absolute atomic E-state index is 14.0. The lowest BCUT2D eigenvalue weighted by Gasteiger charge is -2.58. The Labute approximate surface area is 258 Å². The van der Waals surface area contributed by atoms with Crippen LogP contribution in [0, 0.1) is 40.4 Å². The summed E-state index contributed by atoms with van der Waals surface area (Å²) in [5, 5.41) is 0. The van der Waals surface area contributed by atoms with Crippen molar-refractivity contribution in [2.45, 2.75) is 123 Å². The van der Waals surface area contributed by atoms with Crippen molar-refractivity contribution in [2.75, 3.05) is 7.11 Å². The largest absolute Gasteiger partial charge is 0.496 e. The average molecular weight is 593 g/mol. The Morgan fingerprint density at radius 1 is 1.00 bits per heavy atom. The highest BCUT2D eigenvalue weighted by atomic mass is 16.8. The average Bonchev–Trinajstić information content (AvgIpc) is 3.48. The van der Waals surface area contributed by atoms with Crippen LogP contribution in [0.3, 0.4) is 0 Å². The fraction of sp³-hybridized carbons (Fsp3) is 0.730. The Kier molecular flexibility index (Phi) is 8.11. The van der Waals surface area contributed by atoms with E-state index in [2.05, 4.69) is 20.8 Å². The summed E-state index contributed by atoms with van der Waals surface area (Å²) in [7, 11) is 1.66. The van der Waals surface area contributed by atoms with Gasteiger partial charge in [-0.3, -0.25) is 9.59 Å². The SMILES string of the molecule is COc1ccccc1C(CCC[C@@H](C)[C@H]1CC[C@H]2[C@@H]3C(=O)C=C4[C@H]5OC(C)(C)O[C@H]5CC[C@]4(C)[C@H]3CC[C@]12C)OC(C)=O. The zero-order valence-electron chi connectivity index (χ0n) is 27.3. The Hall–Kier alpha value is -2.18. The molecule has 0 bridgehead atoms. The van der Waals surface area contributed by atoms with E-state index in [1.165, 1.54) is 25.3 Å². The molecule has 6 rings (SSSR count). The summed E-state index contributed by atoms with van der Waals surface area (Å²) in [6, 6.07) is 7.84. The van der Waals surface area contributed by atoms with E-state index >= 15 is 0 Å². The minimum atomic E-state index is -0.591. The van der Waals surface area contributed by atoms with Crippen LogP contribution >= 0.6 is 0 Å². The van der Waals surface area contributed by atoms with Gasteiger partial charge in [-0.15, -0.1) is 0 Å². The third-order valence-corrected chi connectivity index (χ3v) is 12.5. The molecule has 1 heterocycles. The van der Waals surface area contributed by atoms with E-state index in [1.54, 1.807) is 7.11 Å². The van der Waals surface area contributed by atoms with Gasteiger partial charge in [-0.25, -0.2) is 0 Å². The normalized spacial score (nSPS) is 39.0. The number of esters is 1. The summed E-state index contributed by atoms with van der Waals surface area (Å²) in [5.74, 6) is 2.36. The van der Waals surface area contributed by atoms with Gasteiger partial charge in [-0.1, -0.05) is 45.4 Å². The molecule has 4 fully saturated rings. The monoisotopic (exact) mass is 592 g/mol. The van der Waals surface area contributed by atoms with Gasteiger partial charge in [0, 0.05) is 18.4 Å². The van der Waals surface area contributed by atoms with Gasteiger partial charge in [0.2, 0.25) is 0 Å². The van der Waals surface area contributed by atoms with Crippen molar-refractivity contribution in [2.24, 2.45) is 40.4 Å². The molecule has 236 valence electrons. The fourth-order valence-corrected chi connectivity index (χ4v) is 10.6. The van der Waals surface area contributed by atoms with Crippen molar-refractivity contribution in [3.05, 3.63) is 41.5 Å². The van der Waals surface area contributed by atoms with Gasteiger partial charge >= 0.3 is 5.97 Å². The van der Waals surface area contributed by atoms with Gasteiger partial charge in [0.25, 0.3) is 0 Å². The minimum Gasteiger partial charge on any atom is -0.496 e. The number of hydrogen-bond donors (Lipinski definition) is 0. The number of ether oxygens (including phenoxy) is 4. The molecular formula is C37H52O6. The molecule has 1 aromatic rings. The molecule has 0 aromatic heterocycles. The van der Waals surface area contributed by atoms with E-state index in [1.807, 2.05) is 44.2 Å². The lowest BCUT2D eigenvalue weighted by Crippen LogP contribution is -2.56. The molecule has 0 N–H and O–H groups in total. The summed E-state index contributed by atoms with van der Waals surface area (Å²) in [4.78, 5) is 26.0. The zero-order valence-corrected chi connectivity index (χ0v) is 27.3. The molecule has 43 heavy (non-hydrogen) atoms. The number of carbonyl (C=O) groups is 2. The standard InChI is InChI=1S/C37H52O6/c1-22(11-10-14-31(41-23(2)38)24-12-8-9-13-30(24)40-7)25-15-16-26-33-27(17-19-36(25,26)5)37(6)20-18-32-34(28(37)21-29(33)39)43-35(3,4)42-32/h8-9,12-13,21-22,25-27,31-34H,10-11,14-20H2,1-7H3/t22-,25-,26+,27+,31?,32+,33+,34-,36-,37-/m1/s1. The zero-order chi connectivity index (χ0) is 30.7. The third-order valence-electron chi connectivity index (χ3n) is 12.5. The van der Waals surface area contributed by atoms with Crippen molar-refractivity contribution in [3.63, 3.8) is 0 Å². The van der Waals surface area contributed by atoms with Crippen LogP contribution in [0.15, 0.2) is 35.9 Å². The van der Waals surface area contributed by atoms with Gasteiger partial charge in [-0.2, -0.15) is 0 Å². The van der Waals surface area contributed by atoms with Gasteiger partial charge in [0.1, 0.15) is 18.0 Å². The summed E-state index contributed by atoms with van der Waals surface area (Å²) < 4.78 is 24.0. The highest BCUT2D eigenvalue weighted by molar-refractivity contribution is 5.95. The predicted molar refractivity (Wildman–Crippen MR) is 165 cm³/mol. The molecule has 0 radical (unpaired) electrons. The van der Waals surface area contributed by atoms with Gasteiger partial charge < -0.3 is 18.9 Å². The lowest BCUT2D eigenvalue weighted by atomic mass is 9.46. The first-order valence-electron chi connectivity index (χ1n) is 16.8. The molecule has 4 aliphatic carbocycles. The van der Waals surface area contributed by atoms with E-state index in [9.17, 15) is 9.59 Å². The predicted octanol–water partition coefficient (Wildman–Crippen LogP) is 7.99. The smallest absolute Gasteiger partial charge is 0.303 e. The maximum Gasteiger partial charge on any atom is 0.303 e. The molecule has 1 unspecified atom stereocenters. The van der Waals surface area contributed by atoms with Crippen molar-refractivity contribution >= 4 is 11.8 Å². The Bertz CT molecular complexity index is 1270. The van der Waals surface area contributed by atoms with Crippen LogP contribution in [0.4, 0.5) is 0 Å². The van der Waals surface area contributed by atoms with Crippen molar-refractivity contribution in [3.8, 4) is 5.75 Å². The molecule has 0 spiro atoms. The summed E-state index contributed by atoms with van der Waals surface area (Å²) in [6.45, 7) is 12.8. The molecule has 3 saturated carbocycles. The van der Waals surface area contributed by atoms with Gasteiger partial charge in [-0.05, 0) is 117 Å². The van der Waals surface area contributed by atoms with Crippen molar-refractivity contribution < 1.29 is 28.5 Å². The quantitative estimate of drug-likeness (QED) is 0.285. The van der Waals surface area contributed by atoms with E-state index < -0.39 is 5.79 Å². The first-order chi connectivity index (χ1) is 20.4. The molecule has 1 saturated heterocycles. The van der Waals surface area contributed by atoms with Crippen LogP contribution in [-0.4, -0.2) is 36.9 Å². The number of rotatable bonds is 8. The maximum atomic E-state index is 14.0. The molecule has 1 aliphatic heterocycles. The first kappa shape index (κ1) is 30.8. The van der Waals surface area contributed by atoms with Crippen LogP contribution < -0.4 is 4.74 Å². The van der Waals surface area contributed by atoms with E-state index in [0.717, 1.165) is 56.3 Å². The fourth-order valence-electron chi connectivity index (χ4n) is 10.6. The van der Waals surface area contributed by atoms with Crippen LogP contribution in [0.1, 0.15) is 111 Å². The Morgan fingerprint density at radius 3 is 2.51 bits per heavy atom. The Balaban J connectivity index is 1.15. The van der Waals surface area contributed by atoms with Crippen LogP contribution in [0.25, 0.3) is 0 Å². The molecule has 10 atom stereocenters. The summed E-state index contributed by atoms with van der Waals surface area (Å²) >= 11 is 0. The second-order valence-corrected chi connectivity index (χ2v) is 15.3. The van der Waals surface area contributed by atoms with E-state index in [0.29, 0.717) is 29.5 Å². The summed E-state index contributed by atoms with van der Waals surface area (Å²) in [6.07, 6.45) is 11.2. The second-order valence-electron chi connectivity index (χ2n) is 15.3. The highest BCUT2D eigenvalue weighted by Gasteiger charge is 2.63. The molecule has 6 heteroatoms. The number of allylic oxidation sites excluding steroid dienone is 1. The van der Waals surface area contributed by atoms with E-state index in [4.69, 9.17) is 18.9 Å². The number of methoxy groups -OCH3 is 1. The number of para-hydroxylation sites is 1. The highest BCUT2D eigenvalue weighted by Crippen LogP contribution is 2.67. The van der Waals surface area contributed by atoms with E-state index in [-0.39, 0.29) is 41.0 Å². The number of benzene rings is 1. The molecule has 5 aliphatic rings. The van der Waals surface area contributed by atoms with Crippen LogP contribution in [0.5, 0.6) is 5.75 Å². The molecular weight excluding hydrogens is 540 g/mol.